The number of aromatic nitrogens is 1. The Hall–Kier alpha value is -2.80. The lowest BCUT2D eigenvalue weighted by Crippen LogP contribution is -2.46. The smallest absolute Gasteiger partial charge is 0.0491 e. The Morgan fingerprint density at radius 1 is 0.818 bits per heavy atom. The molecular weight excluding hydrogens is 402 g/mol. The molecule has 1 aliphatic heterocycles. The third kappa shape index (κ3) is 5.96. The molecule has 2 heterocycles. The molecule has 33 heavy (non-hydrogen) atoms. The van der Waals surface area contributed by atoms with Crippen LogP contribution < -0.4 is 0 Å². The Bertz CT molecular complexity index is 1080. The Labute approximate surface area is 199 Å². The lowest BCUT2D eigenvalue weighted by molar-refractivity contribution is 0.139. The molecule has 0 radical (unpaired) electrons. The molecule has 3 nitrogen and oxygen atoms in total. The summed E-state index contributed by atoms with van der Waals surface area (Å²) < 4.78 is 2.51. The number of hydrogen-bond acceptors (Lipinski definition) is 2. The first kappa shape index (κ1) is 23.4. The van der Waals surface area contributed by atoms with Gasteiger partial charge in [0, 0.05) is 61.1 Å². The van der Waals surface area contributed by atoms with Crippen LogP contribution in [0, 0.1) is 12.3 Å². The third-order valence-electron chi connectivity index (χ3n) is 6.81. The van der Waals surface area contributed by atoms with Gasteiger partial charge in [-0.15, -0.1) is 6.42 Å². The van der Waals surface area contributed by atoms with Crippen molar-refractivity contribution in [3.05, 3.63) is 72.3 Å². The van der Waals surface area contributed by atoms with Crippen molar-refractivity contribution < 1.29 is 0 Å². The van der Waals surface area contributed by atoms with E-state index >= 15 is 0 Å². The van der Waals surface area contributed by atoms with E-state index in [2.05, 4.69) is 81.0 Å². The summed E-state index contributed by atoms with van der Waals surface area (Å²) >= 11 is 0. The van der Waals surface area contributed by atoms with Gasteiger partial charge in [-0.3, -0.25) is 4.90 Å². The summed E-state index contributed by atoms with van der Waals surface area (Å²) in [6.07, 6.45) is 16.7. The maximum Gasteiger partial charge on any atom is 0.0491 e. The normalized spacial score (nSPS) is 16.2. The first-order chi connectivity index (χ1) is 16.3. The number of nitrogens with zero attached hydrogens (tertiary/aromatic N) is 3. The van der Waals surface area contributed by atoms with Gasteiger partial charge in [-0.25, -0.2) is 0 Å². The highest BCUT2D eigenvalue weighted by Gasteiger charge is 2.16. The molecule has 0 aliphatic carbocycles. The number of hydrogen-bond donors (Lipinski definition) is 0. The van der Waals surface area contributed by atoms with E-state index in [1.807, 2.05) is 13.0 Å². The molecule has 3 aromatic rings. The Morgan fingerprint density at radius 3 is 2.00 bits per heavy atom. The molecule has 0 spiro atoms. The molecule has 1 aromatic heterocycles. The number of rotatable bonds is 10. The Balaban J connectivity index is 1.17. The van der Waals surface area contributed by atoms with Crippen LogP contribution in [0.5, 0.6) is 0 Å². The van der Waals surface area contributed by atoms with E-state index in [1.54, 1.807) is 0 Å². The monoisotopic (exact) mass is 439 g/mol. The SMILES string of the molecule is C#C/C=C(\C=C/C)CN1CCN(CCCCCCn2c3ccccc3c3ccccc32)CC1. The van der Waals surface area contributed by atoms with Crippen LogP contribution in [-0.2, 0) is 6.54 Å². The van der Waals surface area contributed by atoms with Crippen LogP contribution in [0.25, 0.3) is 21.8 Å². The highest BCUT2D eigenvalue weighted by Crippen LogP contribution is 2.29. The van der Waals surface area contributed by atoms with Crippen molar-refractivity contribution in [1.82, 2.24) is 14.4 Å². The molecule has 0 amide bonds. The lowest BCUT2D eigenvalue weighted by Gasteiger charge is -2.34. The number of benzene rings is 2. The molecule has 1 fully saturated rings. The van der Waals surface area contributed by atoms with Gasteiger partial charge in [0.05, 0.1) is 0 Å². The Kier molecular flexibility index (Phi) is 8.41. The van der Waals surface area contributed by atoms with Gasteiger partial charge < -0.3 is 9.47 Å². The number of allylic oxidation sites excluding steroid dienone is 2. The van der Waals surface area contributed by atoms with Gasteiger partial charge in [0.1, 0.15) is 0 Å². The van der Waals surface area contributed by atoms with Gasteiger partial charge in [-0.1, -0.05) is 67.3 Å². The maximum absolute atomic E-state index is 5.46. The summed E-state index contributed by atoms with van der Waals surface area (Å²) in [7, 11) is 0. The van der Waals surface area contributed by atoms with Gasteiger partial charge in [0.25, 0.3) is 0 Å². The van der Waals surface area contributed by atoms with Crippen molar-refractivity contribution in [2.45, 2.75) is 39.2 Å². The molecule has 172 valence electrons. The summed E-state index contributed by atoms with van der Waals surface area (Å²) in [5.74, 6) is 2.67. The molecule has 2 aromatic carbocycles. The first-order valence-corrected chi connectivity index (χ1v) is 12.5. The van der Waals surface area contributed by atoms with Crippen LogP contribution in [0.1, 0.15) is 32.6 Å². The quantitative estimate of drug-likeness (QED) is 0.215. The van der Waals surface area contributed by atoms with E-state index in [4.69, 9.17) is 6.42 Å². The molecule has 1 saturated heterocycles. The number of terminal acetylenes is 1. The second-order valence-corrected chi connectivity index (χ2v) is 9.10. The first-order valence-electron chi connectivity index (χ1n) is 12.5. The summed E-state index contributed by atoms with van der Waals surface area (Å²) in [5.41, 5.74) is 3.97. The molecule has 1 aliphatic rings. The van der Waals surface area contributed by atoms with Crippen LogP contribution >= 0.6 is 0 Å². The van der Waals surface area contributed by atoms with Crippen molar-refractivity contribution in [1.29, 1.82) is 0 Å². The van der Waals surface area contributed by atoms with Crippen LogP contribution in [0.4, 0.5) is 0 Å². The molecule has 0 atom stereocenters. The Morgan fingerprint density at radius 2 is 1.39 bits per heavy atom. The minimum atomic E-state index is 0.963. The summed E-state index contributed by atoms with van der Waals surface area (Å²) in [6, 6.07) is 17.6. The topological polar surface area (TPSA) is 11.4 Å². The van der Waals surface area contributed by atoms with Crippen LogP contribution in [0.15, 0.2) is 72.3 Å². The van der Waals surface area contributed by atoms with Crippen molar-refractivity contribution in [3.63, 3.8) is 0 Å². The van der Waals surface area contributed by atoms with Gasteiger partial charge in [-0.2, -0.15) is 0 Å². The zero-order valence-corrected chi connectivity index (χ0v) is 20.0. The standard InChI is InChI=1S/C30H37N3/c1-3-13-26(14-4-2)25-32-23-21-31(22-24-32)19-11-5-6-12-20-33-29-17-9-7-15-27(29)28-16-8-10-18-30(28)33/h1,4,7-10,13-18H,5-6,11-12,19-25H2,2H3/b14-4-,26-13+. The minimum Gasteiger partial charge on any atom is -0.340 e. The largest absolute Gasteiger partial charge is 0.340 e. The third-order valence-corrected chi connectivity index (χ3v) is 6.81. The van der Waals surface area contributed by atoms with Crippen LogP contribution in [0.2, 0.25) is 0 Å². The zero-order valence-electron chi connectivity index (χ0n) is 20.0. The predicted molar refractivity (Wildman–Crippen MR) is 143 cm³/mol. The predicted octanol–water partition coefficient (Wildman–Crippen LogP) is 6.11. The van der Waals surface area contributed by atoms with E-state index in [9.17, 15) is 0 Å². The fraction of sp³-hybridized carbons (Fsp3) is 0.400. The van der Waals surface area contributed by atoms with Gasteiger partial charge in [-0.05, 0) is 50.1 Å². The number of piperazine rings is 1. The molecular formula is C30H37N3. The molecule has 0 unspecified atom stereocenters. The molecule has 0 bridgehead atoms. The molecule has 4 rings (SSSR count). The van der Waals surface area contributed by atoms with Crippen LogP contribution in [-0.4, -0.2) is 53.6 Å². The summed E-state index contributed by atoms with van der Waals surface area (Å²) in [6.45, 7) is 9.94. The lowest BCUT2D eigenvalue weighted by atomic mass is 10.1. The highest BCUT2D eigenvalue weighted by atomic mass is 15.3. The van der Waals surface area contributed by atoms with Gasteiger partial charge >= 0.3 is 0 Å². The highest BCUT2D eigenvalue weighted by molar-refractivity contribution is 6.07. The van der Waals surface area contributed by atoms with Crippen molar-refractivity contribution in [2.75, 3.05) is 39.3 Å². The van der Waals surface area contributed by atoms with Gasteiger partial charge in [0.2, 0.25) is 0 Å². The number of aryl methyl sites for hydroxylation is 1. The average Bonchev–Trinajstić information content (AvgIpc) is 3.16. The van der Waals surface area contributed by atoms with E-state index in [0.717, 1.165) is 26.2 Å². The number of fused-ring (bicyclic) bond motifs is 3. The summed E-state index contributed by atoms with van der Waals surface area (Å²) in [5, 5.41) is 2.75. The zero-order chi connectivity index (χ0) is 22.9. The molecule has 3 heteroatoms. The number of para-hydroxylation sites is 2. The fourth-order valence-electron chi connectivity index (χ4n) is 5.10. The second-order valence-electron chi connectivity index (χ2n) is 9.10. The molecule has 0 saturated carbocycles. The number of unbranched alkanes of at least 4 members (excludes halogenated alkanes) is 3. The van der Waals surface area contributed by atoms with Crippen molar-refractivity contribution in [2.24, 2.45) is 0 Å². The van der Waals surface area contributed by atoms with E-state index in [1.165, 1.54) is 72.7 Å². The second kappa shape index (κ2) is 11.9. The van der Waals surface area contributed by atoms with E-state index in [0.29, 0.717) is 0 Å². The van der Waals surface area contributed by atoms with Crippen molar-refractivity contribution >= 4 is 21.8 Å². The van der Waals surface area contributed by atoms with Gasteiger partial charge in [0.15, 0.2) is 0 Å². The fourth-order valence-corrected chi connectivity index (χ4v) is 5.10. The van der Waals surface area contributed by atoms with E-state index in [-0.39, 0.29) is 0 Å². The maximum atomic E-state index is 5.46. The van der Waals surface area contributed by atoms with E-state index < -0.39 is 0 Å². The minimum absolute atomic E-state index is 0.963. The summed E-state index contributed by atoms with van der Waals surface area (Å²) in [4.78, 5) is 5.15. The average molecular weight is 440 g/mol. The van der Waals surface area contributed by atoms with Crippen molar-refractivity contribution in [3.8, 4) is 12.3 Å². The van der Waals surface area contributed by atoms with Crippen LogP contribution in [0.3, 0.4) is 0 Å². The molecule has 0 N–H and O–H groups in total.